The van der Waals surface area contributed by atoms with Crippen LogP contribution >= 0.6 is 0 Å². The smallest absolute Gasteiger partial charge is 0.407 e. The zero-order chi connectivity index (χ0) is 18.8. The van der Waals surface area contributed by atoms with E-state index in [9.17, 15) is 9.59 Å². The van der Waals surface area contributed by atoms with E-state index in [4.69, 9.17) is 4.74 Å². The van der Waals surface area contributed by atoms with Crippen molar-refractivity contribution in [3.05, 3.63) is 30.1 Å². The molecule has 0 saturated heterocycles. The van der Waals surface area contributed by atoms with Crippen molar-refractivity contribution in [3.63, 3.8) is 0 Å². The number of ether oxygens (including phenoxy) is 1. The van der Waals surface area contributed by atoms with Crippen LogP contribution in [-0.4, -0.2) is 34.7 Å². The highest BCUT2D eigenvalue weighted by molar-refractivity contribution is 5.83. The first-order valence-corrected chi connectivity index (χ1v) is 9.47. The van der Waals surface area contributed by atoms with Crippen LogP contribution in [0.4, 0.5) is 4.79 Å². The van der Waals surface area contributed by atoms with E-state index in [1.54, 1.807) is 6.20 Å². The maximum absolute atomic E-state index is 12.7. The Balaban J connectivity index is 1.55. The number of hydrogen-bond donors (Lipinski definition) is 2. The largest absolute Gasteiger partial charge is 0.444 e. The molecule has 0 unspecified atom stereocenters. The van der Waals surface area contributed by atoms with E-state index in [1.165, 1.54) is 0 Å². The predicted octanol–water partition coefficient (Wildman–Crippen LogP) is 3.14. The van der Waals surface area contributed by atoms with E-state index in [2.05, 4.69) is 15.6 Å². The number of carbonyl (C=O) groups excluding carboxylic acids is 2. The van der Waals surface area contributed by atoms with E-state index in [1.807, 2.05) is 39.1 Å². The Morgan fingerprint density at radius 1 is 1.31 bits per heavy atom. The third-order valence-electron chi connectivity index (χ3n) is 5.16. The van der Waals surface area contributed by atoms with Crippen LogP contribution in [-0.2, 0) is 9.53 Å². The molecule has 0 radical (unpaired) electrons. The number of pyridine rings is 1. The van der Waals surface area contributed by atoms with E-state index in [0.717, 1.165) is 37.7 Å². The molecule has 6 nitrogen and oxygen atoms in total. The summed E-state index contributed by atoms with van der Waals surface area (Å²) in [4.78, 5) is 28.9. The zero-order valence-corrected chi connectivity index (χ0v) is 15.9. The van der Waals surface area contributed by atoms with Gasteiger partial charge in [-0.25, -0.2) is 4.79 Å². The van der Waals surface area contributed by atoms with Gasteiger partial charge in [0.25, 0.3) is 0 Å². The lowest BCUT2D eigenvalue weighted by atomic mass is 9.96. The van der Waals surface area contributed by atoms with Crippen LogP contribution < -0.4 is 10.6 Å². The summed E-state index contributed by atoms with van der Waals surface area (Å²) in [5, 5.41) is 6.09. The molecule has 2 fully saturated rings. The lowest BCUT2D eigenvalue weighted by molar-refractivity contribution is -0.124. The lowest BCUT2D eigenvalue weighted by Gasteiger charge is -2.31. The third-order valence-corrected chi connectivity index (χ3v) is 5.16. The van der Waals surface area contributed by atoms with Gasteiger partial charge in [0.2, 0.25) is 5.91 Å². The first kappa shape index (κ1) is 18.7. The van der Waals surface area contributed by atoms with Crippen molar-refractivity contribution in [2.24, 2.45) is 5.92 Å². The van der Waals surface area contributed by atoms with Crippen LogP contribution in [0.15, 0.2) is 24.5 Å². The Morgan fingerprint density at radius 3 is 2.65 bits per heavy atom. The first-order chi connectivity index (χ1) is 12.3. The standard InChI is InChI=1S/C20H29N3O3/c1-19(2,3)26-18(25)22-13-20(8-4-5-9-20)23-17(24)16-11-15(16)14-7-6-10-21-12-14/h6-7,10,12,15-16H,4-5,8-9,11,13H2,1-3H3,(H,22,25)(H,23,24)/t15-,16+/m1/s1. The second kappa shape index (κ2) is 7.25. The fourth-order valence-corrected chi connectivity index (χ4v) is 3.76. The van der Waals surface area contributed by atoms with Gasteiger partial charge in [-0.05, 0) is 57.6 Å². The van der Waals surface area contributed by atoms with Gasteiger partial charge >= 0.3 is 6.09 Å². The molecule has 6 heteroatoms. The molecule has 2 atom stereocenters. The minimum Gasteiger partial charge on any atom is -0.444 e. The molecule has 2 aliphatic rings. The summed E-state index contributed by atoms with van der Waals surface area (Å²) in [7, 11) is 0. The first-order valence-electron chi connectivity index (χ1n) is 9.47. The van der Waals surface area contributed by atoms with Crippen molar-refractivity contribution < 1.29 is 14.3 Å². The summed E-state index contributed by atoms with van der Waals surface area (Å²) in [6.45, 7) is 5.93. The Labute approximate surface area is 155 Å². The monoisotopic (exact) mass is 359 g/mol. The van der Waals surface area contributed by atoms with Crippen LogP contribution in [0.5, 0.6) is 0 Å². The summed E-state index contributed by atoms with van der Waals surface area (Å²) < 4.78 is 5.31. The molecule has 0 aromatic carbocycles. The van der Waals surface area contributed by atoms with Gasteiger partial charge in [0, 0.05) is 24.9 Å². The van der Waals surface area contributed by atoms with E-state index < -0.39 is 11.7 Å². The third kappa shape index (κ3) is 4.74. The number of nitrogens with one attached hydrogen (secondary N) is 2. The number of hydrogen-bond acceptors (Lipinski definition) is 4. The molecule has 142 valence electrons. The van der Waals surface area contributed by atoms with Gasteiger partial charge in [-0.15, -0.1) is 0 Å². The number of rotatable bonds is 5. The van der Waals surface area contributed by atoms with Crippen LogP contribution in [0.3, 0.4) is 0 Å². The molecular formula is C20H29N3O3. The maximum Gasteiger partial charge on any atom is 0.407 e. The Bertz CT molecular complexity index is 648. The number of aromatic nitrogens is 1. The molecule has 2 aliphatic carbocycles. The topological polar surface area (TPSA) is 80.3 Å². The average molecular weight is 359 g/mol. The molecule has 26 heavy (non-hydrogen) atoms. The summed E-state index contributed by atoms with van der Waals surface area (Å²) in [5.74, 6) is 0.367. The molecule has 0 spiro atoms. The van der Waals surface area contributed by atoms with Crippen molar-refractivity contribution in [1.82, 2.24) is 15.6 Å². The fourth-order valence-electron chi connectivity index (χ4n) is 3.76. The van der Waals surface area contributed by atoms with Gasteiger partial charge in [-0.3, -0.25) is 9.78 Å². The lowest BCUT2D eigenvalue weighted by Crippen LogP contribution is -2.54. The highest BCUT2D eigenvalue weighted by atomic mass is 16.6. The summed E-state index contributed by atoms with van der Waals surface area (Å²) >= 11 is 0. The number of alkyl carbamates (subject to hydrolysis) is 1. The van der Waals surface area contributed by atoms with Gasteiger partial charge in [-0.1, -0.05) is 18.9 Å². The second-order valence-corrected chi connectivity index (χ2v) is 8.57. The van der Waals surface area contributed by atoms with Gasteiger partial charge in [0.05, 0.1) is 5.54 Å². The van der Waals surface area contributed by atoms with Gasteiger partial charge in [0.1, 0.15) is 5.60 Å². The Morgan fingerprint density at radius 2 is 2.04 bits per heavy atom. The summed E-state index contributed by atoms with van der Waals surface area (Å²) in [6, 6.07) is 3.94. The van der Waals surface area contributed by atoms with Crippen LogP contribution in [0, 0.1) is 5.92 Å². The molecule has 1 heterocycles. The Kier molecular flexibility index (Phi) is 5.21. The molecule has 2 N–H and O–H groups in total. The van der Waals surface area contributed by atoms with E-state index >= 15 is 0 Å². The van der Waals surface area contributed by atoms with Crippen molar-refractivity contribution in [2.45, 2.75) is 69.9 Å². The van der Waals surface area contributed by atoms with Gasteiger partial charge in [0.15, 0.2) is 0 Å². The summed E-state index contributed by atoms with van der Waals surface area (Å²) in [6.07, 6.45) is 7.92. The highest BCUT2D eigenvalue weighted by Crippen LogP contribution is 2.47. The number of nitrogens with zero attached hydrogens (tertiary/aromatic N) is 1. The summed E-state index contributed by atoms with van der Waals surface area (Å²) in [5.41, 5.74) is 0.247. The average Bonchev–Trinajstić information content (AvgIpc) is 3.26. The molecule has 0 bridgehead atoms. The highest BCUT2D eigenvalue weighted by Gasteiger charge is 2.47. The molecule has 1 aromatic rings. The molecule has 2 amide bonds. The fraction of sp³-hybridized carbons (Fsp3) is 0.650. The van der Waals surface area contributed by atoms with Crippen LogP contribution in [0.1, 0.15) is 64.4 Å². The quantitative estimate of drug-likeness (QED) is 0.846. The van der Waals surface area contributed by atoms with Gasteiger partial charge < -0.3 is 15.4 Å². The van der Waals surface area contributed by atoms with Crippen molar-refractivity contribution in [3.8, 4) is 0 Å². The molecule has 0 aliphatic heterocycles. The Hall–Kier alpha value is -2.11. The number of carbonyl (C=O) groups is 2. The van der Waals surface area contributed by atoms with Crippen LogP contribution in [0.2, 0.25) is 0 Å². The zero-order valence-electron chi connectivity index (χ0n) is 15.9. The minimum atomic E-state index is -0.527. The van der Waals surface area contributed by atoms with Crippen LogP contribution in [0.25, 0.3) is 0 Å². The normalized spacial score (nSPS) is 24.0. The second-order valence-electron chi connectivity index (χ2n) is 8.57. The van der Waals surface area contributed by atoms with Gasteiger partial charge in [-0.2, -0.15) is 0 Å². The minimum absolute atomic E-state index is 0.0122. The SMILES string of the molecule is CC(C)(C)OC(=O)NCC1(NC(=O)[C@H]2C[C@@H]2c2cccnc2)CCCC1. The predicted molar refractivity (Wildman–Crippen MR) is 98.7 cm³/mol. The maximum atomic E-state index is 12.7. The number of amides is 2. The molecule has 2 saturated carbocycles. The molecular weight excluding hydrogens is 330 g/mol. The van der Waals surface area contributed by atoms with E-state index in [0.29, 0.717) is 6.54 Å². The van der Waals surface area contributed by atoms with E-state index in [-0.39, 0.29) is 23.3 Å². The van der Waals surface area contributed by atoms with Crippen molar-refractivity contribution >= 4 is 12.0 Å². The molecule has 1 aromatic heterocycles. The van der Waals surface area contributed by atoms with Crippen molar-refractivity contribution in [1.29, 1.82) is 0 Å². The molecule has 3 rings (SSSR count). The van der Waals surface area contributed by atoms with Crippen molar-refractivity contribution in [2.75, 3.05) is 6.54 Å².